The maximum atomic E-state index is 12.5. The van der Waals surface area contributed by atoms with Gasteiger partial charge >= 0.3 is 5.97 Å². The standard InChI is InChI=1S/C31H54O3/c1-6-7-8-9-10-11-12-13-14-15-16-20-23-27(32)24-25-28(30(2,3)4)31(5,29(33)34)26-21-18-17-19-22-26/h17-19,21-22,27-28,32H,6-16,20,23-25H2,1-5H3,(H,33,34). The van der Waals surface area contributed by atoms with Crippen LogP contribution >= 0.6 is 0 Å². The first-order valence-corrected chi connectivity index (χ1v) is 14.1. The minimum atomic E-state index is -0.977. The van der Waals surface area contributed by atoms with E-state index >= 15 is 0 Å². The van der Waals surface area contributed by atoms with Gasteiger partial charge in [-0.1, -0.05) is 135 Å². The van der Waals surface area contributed by atoms with Gasteiger partial charge in [0.15, 0.2) is 0 Å². The number of benzene rings is 1. The number of aliphatic carboxylic acids is 1. The third kappa shape index (κ3) is 10.9. The molecule has 0 radical (unpaired) electrons. The van der Waals surface area contributed by atoms with Gasteiger partial charge in [-0.15, -0.1) is 0 Å². The van der Waals surface area contributed by atoms with Gasteiger partial charge in [0, 0.05) is 0 Å². The lowest BCUT2D eigenvalue weighted by atomic mass is 9.60. The third-order valence-electron chi connectivity index (χ3n) is 7.74. The van der Waals surface area contributed by atoms with Gasteiger partial charge in [-0.3, -0.25) is 4.79 Å². The average Bonchev–Trinajstić information content (AvgIpc) is 2.79. The second kappa shape index (κ2) is 16.3. The highest BCUT2D eigenvalue weighted by Crippen LogP contribution is 2.45. The van der Waals surface area contributed by atoms with Crippen molar-refractivity contribution in [1.29, 1.82) is 0 Å². The third-order valence-corrected chi connectivity index (χ3v) is 7.74. The summed E-state index contributed by atoms with van der Waals surface area (Å²) in [6.45, 7) is 10.5. The number of aliphatic hydroxyl groups excluding tert-OH is 1. The molecule has 0 saturated carbocycles. The highest BCUT2D eigenvalue weighted by Gasteiger charge is 2.47. The molecular formula is C31H54O3. The molecule has 0 heterocycles. The van der Waals surface area contributed by atoms with Crippen molar-refractivity contribution in [3.05, 3.63) is 35.9 Å². The molecule has 3 atom stereocenters. The Morgan fingerprint density at radius 2 is 1.21 bits per heavy atom. The number of carboxylic acid groups (broad SMARTS) is 1. The Bertz CT molecular complexity index is 648. The van der Waals surface area contributed by atoms with E-state index < -0.39 is 11.4 Å². The predicted molar refractivity (Wildman–Crippen MR) is 145 cm³/mol. The lowest BCUT2D eigenvalue weighted by Gasteiger charge is -2.43. The molecule has 3 nitrogen and oxygen atoms in total. The highest BCUT2D eigenvalue weighted by molar-refractivity contribution is 5.81. The van der Waals surface area contributed by atoms with Crippen molar-refractivity contribution in [2.75, 3.05) is 0 Å². The average molecular weight is 475 g/mol. The van der Waals surface area contributed by atoms with Crippen molar-refractivity contribution in [2.45, 2.75) is 142 Å². The first kappa shape index (κ1) is 30.7. The van der Waals surface area contributed by atoms with Crippen LogP contribution in [0.1, 0.15) is 136 Å². The SMILES string of the molecule is CCCCCCCCCCCCCCC(O)CCC(C(C)(C)C)C(C)(C(=O)O)c1ccccc1. The van der Waals surface area contributed by atoms with Crippen LogP contribution in [0.5, 0.6) is 0 Å². The number of rotatable bonds is 19. The Kier molecular flexibility index (Phi) is 14.7. The quantitative estimate of drug-likeness (QED) is 0.197. The van der Waals surface area contributed by atoms with E-state index in [4.69, 9.17) is 0 Å². The minimum Gasteiger partial charge on any atom is -0.481 e. The van der Waals surface area contributed by atoms with Crippen molar-refractivity contribution in [1.82, 2.24) is 0 Å². The van der Waals surface area contributed by atoms with Crippen LogP contribution in [-0.4, -0.2) is 22.3 Å². The highest BCUT2D eigenvalue weighted by atomic mass is 16.4. The topological polar surface area (TPSA) is 57.5 Å². The van der Waals surface area contributed by atoms with Crippen LogP contribution in [0.2, 0.25) is 0 Å². The molecule has 0 saturated heterocycles. The molecule has 0 aromatic heterocycles. The van der Waals surface area contributed by atoms with E-state index in [0.717, 1.165) is 18.4 Å². The van der Waals surface area contributed by atoms with Crippen LogP contribution in [0.15, 0.2) is 30.3 Å². The summed E-state index contributed by atoms with van der Waals surface area (Å²) < 4.78 is 0. The van der Waals surface area contributed by atoms with Gasteiger partial charge in [-0.25, -0.2) is 0 Å². The maximum Gasteiger partial charge on any atom is 0.314 e. The first-order valence-electron chi connectivity index (χ1n) is 14.1. The summed E-state index contributed by atoms with van der Waals surface area (Å²) >= 11 is 0. The monoisotopic (exact) mass is 474 g/mol. The Balaban J connectivity index is 2.38. The lowest BCUT2D eigenvalue weighted by Crippen LogP contribution is -2.46. The molecule has 3 heteroatoms. The van der Waals surface area contributed by atoms with E-state index in [1.807, 2.05) is 37.3 Å². The van der Waals surface area contributed by atoms with E-state index in [1.165, 1.54) is 70.6 Å². The molecule has 34 heavy (non-hydrogen) atoms. The molecule has 196 valence electrons. The van der Waals surface area contributed by atoms with Crippen LogP contribution in [0, 0.1) is 11.3 Å². The summed E-state index contributed by atoms with van der Waals surface area (Å²) in [5, 5.41) is 20.9. The second-order valence-corrected chi connectivity index (χ2v) is 11.7. The summed E-state index contributed by atoms with van der Waals surface area (Å²) in [7, 11) is 0. The Morgan fingerprint density at radius 1 is 0.735 bits per heavy atom. The number of carbonyl (C=O) groups is 1. The second-order valence-electron chi connectivity index (χ2n) is 11.7. The molecule has 0 fully saturated rings. The smallest absolute Gasteiger partial charge is 0.314 e. The van der Waals surface area contributed by atoms with Crippen molar-refractivity contribution < 1.29 is 15.0 Å². The van der Waals surface area contributed by atoms with Gasteiger partial charge in [-0.2, -0.15) is 0 Å². The molecule has 0 aliphatic heterocycles. The van der Waals surface area contributed by atoms with E-state index in [0.29, 0.717) is 12.8 Å². The number of unbranched alkanes of at least 4 members (excludes halogenated alkanes) is 11. The Labute approximate surface area is 210 Å². The molecule has 0 amide bonds. The first-order chi connectivity index (χ1) is 16.1. The van der Waals surface area contributed by atoms with E-state index in [-0.39, 0.29) is 17.4 Å². The molecule has 2 N–H and O–H groups in total. The molecule has 0 aliphatic rings. The molecule has 1 aromatic rings. The van der Waals surface area contributed by atoms with Crippen molar-refractivity contribution >= 4 is 5.97 Å². The van der Waals surface area contributed by atoms with Gasteiger partial charge in [0.2, 0.25) is 0 Å². The molecule has 1 rings (SSSR count). The van der Waals surface area contributed by atoms with Crippen LogP contribution < -0.4 is 0 Å². The summed E-state index contributed by atoms with van der Waals surface area (Å²) in [6, 6.07) is 9.61. The molecule has 3 unspecified atom stereocenters. The van der Waals surface area contributed by atoms with Crippen LogP contribution in [0.3, 0.4) is 0 Å². The van der Waals surface area contributed by atoms with Crippen LogP contribution in [-0.2, 0) is 10.2 Å². The van der Waals surface area contributed by atoms with Crippen molar-refractivity contribution in [3.63, 3.8) is 0 Å². The van der Waals surface area contributed by atoms with Crippen LogP contribution in [0.4, 0.5) is 0 Å². The number of hydrogen-bond acceptors (Lipinski definition) is 2. The minimum absolute atomic E-state index is 0.0727. The predicted octanol–water partition coefficient (Wildman–Crippen LogP) is 8.92. The fourth-order valence-corrected chi connectivity index (χ4v) is 5.57. The normalized spacial score (nSPS) is 15.6. The summed E-state index contributed by atoms with van der Waals surface area (Å²) in [5.74, 6) is -0.856. The Hall–Kier alpha value is -1.35. The van der Waals surface area contributed by atoms with Crippen LogP contribution in [0.25, 0.3) is 0 Å². The fraction of sp³-hybridized carbons (Fsp3) is 0.774. The Morgan fingerprint density at radius 3 is 1.65 bits per heavy atom. The largest absolute Gasteiger partial charge is 0.481 e. The molecule has 1 aromatic carbocycles. The number of hydrogen-bond donors (Lipinski definition) is 2. The number of carboxylic acids is 1. The zero-order chi connectivity index (χ0) is 25.5. The molecule has 0 bridgehead atoms. The lowest BCUT2D eigenvalue weighted by molar-refractivity contribution is -0.148. The molecule has 0 spiro atoms. The zero-order valence-corrected chi connectivity index (χ0v) is 23.0. The summed E-state index contributed by atoms with van der Waals surface area (Å²) in [4.78, 5) is 12.5. The maximum absolute atomic E-state index is 12.5. The fourth-order valence-electron chi connectivity index (χ4n) is 5.57. The molecule has 0 aliphatic carbocycles. The van der Waals surface area contributed by atoms with E-state index in [9.17, 15) is 15.0 Å². The number of aliphatic hydroxyl groups is 1. The van der Waals surface area contributed by atoms with Gasteiger partial charge in [0.1, 0.15) is 0 Å². The van der Waals surface area contributed by atoms with Gasteiger partial charge < -0.3 is 10.2 Å². The molecular weight excluding hydrogens is 420 g/mol. The van der Waals surface area contributed by atoms with Crippen molar-refractivity contribution in [3.8, 4) is 0 Å². The van der Waals surface area contributed by atoms with Crippen molar-refractivity contribution in [2.24, 2.45) is 11.3 Å². The van der Waals surface area contributed by atoms with E-state index in [1.54, 1.807) is 0 Å². The van der Waals surface area contributed by atoms with Gasteiger partial charge in [0.25, 0.3) is 0 Å². The summed E-state index contributed by atoms with van der Waals surface area (Å²) in [5.41, 5.74) is -0.314. The van der Waals surface area contributed by atoms with E-state index in [2.05, 4.69) is 27.7 Å². The van der Waals surface area contributed by atoms with Gasteiger partial charge in [-0.05, 0) is 43.1 Å². The zero-order valence-electron chi connectivity index (χ0n) is 23.0. The van der Waals surface area contributed by atoms with Gasteiger partial charge in [0.05, 0.1) is 11.5 Å². The summed E-state index contributed by atoms with van der Waals surface area (Å²) in [6.07, 6.45) is 17.7.